The van der Waals surface area contributed by atoms with Crippen LogP contribution in [0.1, 0.15) is 44.5 Å². The van der Waals surface area contributed by atoms with Crippen LogP contribution in [0.5, 0.6) is 0 Å². The molecule has 0 atom stereocenters. The fourth-order valence-electron chi connectivity index (χ4n) is 2.98. The zero-order valence-corrected chi connectivity index (χ0v) is 16.2. The summed E-state index contributed by atoms with van der Waals surface area (Å²) in [5.74, 6) is -1.47. The van der Waals surface area contributed by atoms with Crippen LogP contribution in [-0.2, 0) is 11.3 Å². The van der Waals surface area contributed by atoms with E-state index in [0.29, 0.717) is 23.5 Å². The highest BCUT2D eigenvalue weighted by Gasteiger charge is 2.20. The highest BCUT2D eigenvalue weighted by molar-refractivity contribution is 6.46. The quantitative estimate of drug-likeness (QED) is 0.520. The first kappa shape index (κ1) is 19.3. The number of carbonyl (C=O) groups is 3. The molecule has 0 aliphatic rings. The number of aryl methyl sites for hydroxylation is 2. The third-order valence-corrected chi connectivity index (χ3v) is 4.72. The molecule has 0 spiro atoms. The van der Waals surface area contributed by atoms with Crippen molar-refractivity contribution in [2.45, 2.75) is 27.3 Å². The van der Waals surface area contributed by atoms with Crippen LogP contribution in [-0.4, -0.2) is 22.0 Å². The van der Waals surface area contributed by atoms with Crippen molar-refractivity contribution in [3.05, 3.63) is 88.7 Å². The van der Waals surface area contributed by atoms with Crippen LogP contribution >= 0.6 is 0 Å². The minimum Gasteiger partial charge on any atom is -0.340 e. The maximum atomic E-state index is 12.7. The van der Waals surface area contributed by atoms with Crippen LogP contribution in [0.4, 0.5) is 5.69 Å². The summed E-state index contributed by atoms with van der Waals surface area (Å²) >= 11 is 0. The number of nitrogens with zero attached hydrogens (tertiary/aromatic N) is 1. The third kappa shape index (κ3) is 4.26. The maximum absolute atomic E-state index is 12.7. The van der Waals surface area contributed by atoms with Gasteiger partial charge in [0.15, 0.2) is 5.78 Å². The number of hydrogen-bond donors (Lipinski definition) is 1. The molecule has 142 valence electrons. The Labute approximate surface area is 164 Å². The van der Waals surface area contributed by atoms with E-state index in [4.69, 9.17) is 0 Å². The fraction of sp³-hybridized carbons (Fsp3) is 0.174. The Morgan fingerprint density at radius 1 is 0.929 bits per heavy atom. The van der Waals surface area contributed by atoms with E-state index in [0.717, 1.165) is 5.56 Å². The standard InChI is InChI=1S/C23H22N2O3/c1-15-9-10-18(12-16(15)2)14-25-11-5-8-21(25)22(27)23(28)24-20-7-4-6-19(13-20)17(3)26/h4-13H,14H2,1-3H3,(H,24,28). The summed E-state index contributed by atoms with van der Waals surface area (Å²) in [5, 5.41) is 2.58. The lowest BCUT2D eigenvalue weighted by atomic mass is 10.1. The van der Waals surface area contributed by atoms with E-state index in [1.54, 1.807) is 47.2 Å². The molecule has 0 fully saturated rings. The summed E-state index contributed by atoms with van der Waals surface area (Å²) in [6, 6.07) is 16.1. The summed E-state index contributed by atoms with van der Waals surface area (Å²) < 4.78 is 1.76. The van der Waals surface area contributed by atoms with Crippen molar-refractivity contribution >= 4 is 23.2 Å². The van der Waals surface area contributed by atoms with Crippen molar-refractivity contribution in [2.75, 3.05) is 5.32 Å². The first-order chi connectivity index (χ1) is 13.3. The van der Waals surface area contributed by atoms with Crippen LogP contribution in [0.25, 0.3) is 0 Å². The highest BCUT2D eigenvalue weighted by atomic mass is 16.2. The van der Waals surface area contributed by atoms with Gasteiger partial charge in [0, 0.05) is 24.0 Å². The Morgan fingerprint density at radius 2 is 1.71 bits per heavy atom. The Morgan fingerprint density at radius 3 is 2.43 bits per heavy atom. The topological polar surface area (TPSA) is 68.2 Å². The number of carbonyl (C=O) groups excluding carboxylic acids is 3. The summed E-state index contributed by atoms with van der Waals surface area (Å²) in [5.41, 5.74) is 4.66. The second-order valence-corrected chi connectivity index (χ2v) is 6.86. The lowest BCUT2D eigenvalue weighted by molar-refractivity contribution is -0.112. The van der Waals surface area contributed by atoms with Gasteiger partial charge in [-0.25, -0.2) is 0 Å². The molecule has 1 heterocycles. The monoisotopic (exact) mass is 374 g/mol. The van der Waals surface area contributed by atoms with Crippen LogP contribution in [0.2, 0.25) is 0 Å². The summed E-state index contributed by atoms with van der Waals surface area (Å²) in [6.45, 7) is 6.05. The van der Waals surface area contributed by atoms with Gasteiger partial charge in [0.25, 0.3) is 11.7 Å². The molecule has 3 rings (SSSR count). The second kappa shape index (κ2) is 8.05. The maximum Gasteiger partial charge on any atom is 0.298 e. The molecule has 5 nitrogen and oxygen atoms in total. The van der Waals surface area contributed by atoms with Gasteiger partial charge < -0.3 is 9.88 Å². The molecule has 0 saturated heterocycles. The minimum atomic E-state index is -0.735. The Hall–Kier alpha value is -3.47. The zero-order valence-electron chi connectivity index (χ0n) is 16.2. The molecule has 1 amide bonds. The number of benzene rings is 2. The molecule has 0 radical (unpaired) electrons. The number of Topliss-reactive ketones (excluding diaryl/α,β-unsaturated/α-hetero) is 2. The fourth-order valence-corrected chi connectivity index (χ4v) is 2.98. The minimum absolute atomic E-state index is 0.107. The van der Waals surface area contributed by atoms with Gasteiger partial charge >= 0.3 is 0 Å². The van der Waals surface area contributed by atoms with Gasteiger partial charge in [-0.1, -0.05) is 30.3 Å². The van der Waals surface area contributed by atoms with Crippen molar-refractivity contribution in [3.8, 4) is 0 Å². The predicted molar refractivity (Wildman–Crippen MR) is 109 cm³/mol. The highest BCUT2D eigenvalue weighted by Crippen LogP contribution is 2.15. The predicted octanol–water partition coefficient (Wildman–Crippen LogP) is 4.18. The zero-order chi connectivity index (χ0) is 20.3. The van der Waals surface area contributed by atoms with E-state index >= 15 is 0 Å². The Bertz CT molecular complexity index is 1060. The van der Waals surface area contributed by atoms with Gasteiger partial charge in [0.1, 0.15) is 0 Å². The Kier molecular flexibility index (Phi) is 5.54. The molecular formula is C23H22N2O3. The molecule has 0 bridgehead atoms. The van der Waals surface area contributed by atoms with E-state index in [9.17, 15) is 14.4 Å². The van der Waals surface area contributed by atoms with Gasteiger partial charge in [0.2, 0.25) is 0 Å². The number of anilines is 1. The number of amides is 1. The van der Waals surface area contributed by atoms with Gasteiger partial charge in [-0.2, -0.15) is 0 Å². The van der Waals surface area contributed by atoms with E-state index in [-0.39, 0.29) is 5.78 Å². The molecule has 3 aromatic rings. The van der Waals surface area contributed by atoms with E-state index in [1.165, 1.54) is 18.1 Å². The van der Waals surface area contributed by atoms with Crippen molar-refractivity contribution in [1.82, 2.24) is 4.57 Å². The molecule has 0 unspecified atom stereocenters. The molecule has 2 aromatic carbocycles. The van der Waals surface area contributed by atoms with Gasteiger partial charge in [-0.3, -0.25) is 14.4 Å². The Balaban J connectivity index is 1.77. The number of rotatable bonds is 6. The van der Waals surface area contributed by atoms with Gasteiger partial charge in [0.05, 0.1) is 5.69 Å². The molecule has 0 aliphatic heterocycles. The SMILES string of the molecule is CC(=O)c1cccc(NC(=O)C(=O)c2cccn2Cc2ccc(C)c(C)c2)c1. The average Bonchev–Trinajstić information content (AvgIpc) is 3.12. The molecule has 5 heteroatoms. The number of hydrogen-bond acceptors (Lipinski definition) is 3. The van der Waals surface area contributed by atoms with Crippen molar-refractivity contribution in [2.24, 2.45) is 0 Å². The van der Waals surface area contributed by atoms with Crippen molar-refractivity contribution in [3.63, 3.8) is 0 Å². The van der Waals surface area contributed by atoms with Crippen LogP contribution in [0, 0.1) is 13.8 Å². The van der Waals surface area contributed by atoms with Crippen LogP contribution in [0.15, 0.2) is 60.8 Å². The number of ketones is 2. The molecule has 0 aliphatic carbocycles. The van der Waals surface area contributed by atoms with E-state index in [1.807, 2.05) is 19.1 Å². The molecule has 0 saturated carbocycles. The van der Waals surface area contributed by atoms with Crippen molar-refractivity contribution in [1.29, 1.82) is 0 Å². The van der Waals surface area contributed by atoms with Crippen molar-refractivity contribution < 1.29 is 14.4 Å². The summed E-state index contributed by atoms with van der Waals surface area (Å²) in [7, 11) is 0. The molecular weight excluding hydrogens is 352 g/mol. The summed E-state index contributed by atoms with van der Waals surface area (Å²) in [4.78, 5) is 36.6. The number of nitrogens with one attached hydrogen (secondary N) is 1. The first-order valence-electron chi connectivity index (χ1n) is 9.03. The largest absolute Gasteiger partial charge is 0.340 e. The number of aromatic nitrogens is 1. The van der Waals surface area contributed by atoms with Gasteiger partial charge in [-0.05, 0) is 61.7 Å². The van der Waals surface area contributed by atoms with Crippen LogP contribution < -0.4 is 5.32 Å². The van der Waals surface area contributed by atoms with Gasteiger partial charge in [-0.15, -0.1) is 0 Å². The molecule has 1 N–H and O–H groups in total. The molecule has 1 aromatic heterocycles. The first-order valence-corrected chi connectivity index (χ1v) is 9.03. The lowest BCUT2D eigenvalue weighted by Crippen LogP contribution is -2.25. The van der Waals surface area contributed by atoms with E-state index < -0.39 is 11.7 Å². The third-order valence-electron chi connectivity index (χ3n) is 4.72. The van der Waals surface area contributed by atoms with E-state index in [2.05, 4.69) is 18.3 Å². The second-order valence-electron chi connectivity index (χ2n) is 6.86. The van der Waals surface area contributed by atoms with Crippen LogP contribution in [0.3, 0.4) is 0 Å². The summed E-state index contributed by atoms with van der Waals surface area (Å²) in [6.07, 6.45) is 1.78. The normalized spacial score (nSPS) is 10.5. The molecule has 28 heavy (non-hydrogen) atoms. The lowest BCUT2D eigenvalue weighted by Gasteiger charge is -2.11. The smallest absolute Gasteiger partial charge is 0.298 e. The average molecular weight is 374 g/mol.